The van der Waals surface area contributed by atoms with Crippen molar-refractivity contribution in [1.29, 1.82) is 0 Å². The van der Waals surface area contributed by atoms with Gasteiger partial charge in [-0.2, -0.15) is 0 Å². The van der Waals surface area contributed by atoms with Crippen molar-refractivity contribution in [2.24, 2.45) is 0 Å². The fourth-order valence-electron chi connectivity index (χ4n) is 2.33. The third-order valence-electron chi connectivity index (χ3n) is 3.66. The van der Waals surface area contributed by atoms with Crippen molar-refractivity contribution in [3.63, 3.8) is 0 Å². The lowest BCUT2D eigenvalue weighted by atomic mass is 10.1. The first kappa shape index (κ1) is 18.7. The van der Waals surface area contributed by atoms with Gasteiger partial charge >= 0.3 is 0 Å². The van der Waals surface area contributed by atoms with E-state index in [9.17, 15) is 14.9 Å². The number of carbonyl (C=O) groups is 1. The van der Waals surface area contributed by atoms with Gasteiger partial charge in [0.25, 0.3) is 11.6 Å². The maximum Gasteiger partial charge on any atom is 0.284 e. The molecule has 1 amide bonds. The predicted octanol–water partition coefficient (Wildman–Crippen LogP) is 3.87. The van der Waals surface area contributed by atoms with E-state index in [1.54, 1.807) is 32.2 Å². The van der Waals surface area contributed by atoms with E-state index in [-0.39, 0.29) is 17.3 Å². The molecule has 0 bridgehead atoms. The minimum Gasteiger partial charge on any atom is -0.497 e. The summed E-state index contributed by atoms with van der Waals surface area (Å²) in [6.07, 6.45) is 0. The number of nitrogens with one attached hydrogen (secondary N) is 1. The smallest absolute Gasteiger partial charge is 0.284 e. The quantitative estimate of drug-likeness (QED) is 0.578. The molecule has 2 aromatic rings. The summed E-state index contributed by atoms with van der Waals surface area (Å²) in [5, 5.41) is 13.8. The number of rotatable bonds is 6. The summed E-state index contributed by atoms with van der Waals surface area (Å²) >= 11 is 3.10. The van der Waals surface area contributed by atoms with E-state index in [4.69, 9.17) is 9.47 Å². The molecule has 0 saturated heterocycles. The highest BCUT2D eigenvalue weighted by Crippen LogP contribution is 2.30. The third kappa shape index (κ3) is 4.27. The van der Waals surface area contributed by atoms with Crippen LogP contribution in [-0.4, -0.2) is 25.1 Å². The first-order valence-corrected chi connectivity index (χ1v) is 8.13. The highest BCUT2D eigenvalue weighted by Gasteiger charge is 2.19. The molecule has 0 aromatic heterocycles. The standard InChI is InChI=1S/C17H17BrN2O5/c1-10(13-9-12(24-2)5-7-16(13)25-3)19-17(21)11-4-6-14(18)15(8-11)20(22)23/h4-10H,1-3H3,(H,19,21)/t10-/m0/s1. The molecule has 2 aromatic carbocycles. The van der Waals surface area contributed by atoms with Crippen LogP contribution in [0.2, 0.25) is 0 Å². The van der Waals surface area contributed by atoms with E-state index in [0.717, 1.165) is 5.56 Å². The van der Waals surface area contributed by atoms with Crippen LogP contribution >= 0.6 is 15.9 Å². The van der Waals surface area contributed by atoms with Crippen LogP contribution in [0.15, 0.2) is 40.9 Å². The molecule has 0 heterocycles. The van der Waals surface area contributed by atoms with E-state index in [1.165, 1.54) is 25.3 Å². The second kappa shape index (κ2) is 7.98. The zero-order valence-electron chi connectivity index (χ0n) is 13.9. The Labute approximate surface area is 153 Å². The molecule has 0 aliphatic rings. The number of ether oxygens (including phenoxy) is 2. The van der Waals surface area contributed by atoms with Gasteiger partial charge in [0, 0.05) is 17.2 Å². The van der Waals surface area contributed by atoms with Crippen molar-refractivity contribution in [1.82, 2.24) is 5.32 Å². The Kier molecular flexibility index (Phi) is 5.97. The Hall–Kier alpha value is -2.61. The van der Waals surface area contributed by atoms with Crippen LogP contribution in [0.4, 0.5) is 5.69 Å². The first-order chi connectivity index (χ1) is 11.9. The molecule has 0 saturated carbocycles. The van der Waals surface area contributed by atoms with E-state index in [0.29, 0.717) is 16.0 Å². The molecule has 7 nitrogen and oxygen atoms in total. The van der Waals surface area contributed by atoms with E-state index < -0.39 is 10.8 Å². The minimum absolute atomic E-state index is 0.167. The number of benzene rings is 2. The van der Waals surface area contributed by atoms with Gasteiger partial charge < -0.3 is 14.8 Å². The average Bonchev–Trinajstić information content (AvgIpc) is 2.60. The number of nitro benzene ring substituents is 1. The maximum atomic E-state index is 12.4. The summed E-state index contributed by atoms with van der Waals surface area (Å²) in [6.45, 7) is 1.79. The fraction of sp³-hybridized carbons (Fsp3) is 0.235. The van der Waals surface area contributed by atoms with Crippen LogP contribution < -0.4 is 14.8 Å². The molecule has 8 heteroatoms. The van der Waals surface area contributed by atoms with Crippen molar-refractivity contribution in [2.45, 2.75) is 13.0 Å². The van der Waals surface area contributed by atoms with Crippen LogP contribution in [0.5, 0.6) is 11.5 Å². The number of hydrogen-bond donors (Lipinski definition) is 1. The monoisotopic (exact) mass is 408 g/mol. The lowest BCUT2D eigenvalue weighted by Gasteiger charge is -2.18. The van der Waals surface area contributed by atoms with Crippen molar-refractivity contribution in [3.8, 4) is 11.5 Å². The molecule has 1 atom stereocenters. The van der Waals surface area contributed by atoms with Crippen LogP contribution in [0.3, 0.4) is 0 Å². The Morgan fingerprint density at radius 3 is 2.52 bits per heavy atom. The Balaban J connectivity index is 2.26. The predicted molar refractivity (Wildman–Crippen MR) is 96.2 cm³/mol. The number of nitro groups is 1. The van der Waals surface area contributed by atoms with Gasteiger partial charge in [0.1, 0.15) is 11.5 Å². The Morgan fingerprint density at radius 2 is 1.92 bits per heavy atom. The van der Waals surface area contributed by atoms with Crippen LogP contribution in [-0.2, 0) is 0 Å². The van der Waals surface area contributed by atoms with Gasteiger partial charge in [0.2, 0.25) is 0 Å². The maximum absolute atomic E-state index is 12.4. The highest BCUT2D eigenvalue weighted by atomic mass is 79.9. The van der Waals surface area contributed by atoms with Gasteiger partial charge in [0.05, 0.1) is 29.7 Å². The molecule has 25 heavy (non-hydrogen) atoms. The molecule has 1 N–H and O–H groups in total. The van der Waals surface area contributed by atoms with Gasteiger partial charge in [-0.3, -0.25) is 14.9 Å². The second-order valence-corrected chi connectivity index (χ2v) is 6.08. The summed E-state index contributed by atoms with van der Waals surface area (Å²) in [6, 6.07) is 9.12. The summed E-state index contributed by atoms with van der Waals surface area (Å²) in [7, 11) is 3.09. The summed E-state index contributed by atoms with van der Waals surface area (Å²) in [5.74, 6) is 0.819. The van der Waals surface area contributed by atoms with Gasteiger partial charge in [-0.05, 0) is 53.2 Å². The SMILES string of the molecule is COc1ccc(OC)c([C@H](C)NC(=O)c2ccc(Br)c([N+](=O)[O-])c2)c1. The number of halogens is 1. The normalized spacial score (nSPS) is 11.5. The molecule has 132 valence electrons. The molecular weight excluding hydrogens is 392 g/mol. The zero-order valence-corrected chi connectivity index (χ0v) is 15.5. The number of nitrogens with zero attached hydrogens (tertiary/aromatic N) is 1. The van der Waals surface area contributed by atoms with Crippen LogP contribution in [0.25, 0.3) is 0 Å². The lowest BCUT2D eigenvalue weighted by molar-refractivity contribution is -0.385. The zero-order chi connectivity index (χ0) is 18.6. The van der Waals surface area contributed by atoms with Crippen molar-refractivity contribution >= 4 is 27.5 Å². The second-order valence-electron chi connectivity index (χ2n) is 5.23. The van der Waals surface area contributed by atoms with E-state index in [1.807, 2.05) is 0 Å². The van der Waals surface area contributed by atoms with E-state index in [2.05, 4.69) is 21.2 Å². The molecule has 2 rings (SSSR count). The fourth-order valence-corrected chi connectivity index (χ4v) is 2.72. The average molecular weight is 409 g/mol. The topological polar surface area (TPSA) is 90.7 Å². The number of methoxy groups -OCH3 is 2. The van der Waals surface area contributed by atoms with Gasteiger partial charge in [0.15, 0.2) is 0 Å². The van der Waals surface area contributed by atoms with Gasteiger partial charge in [-0.25, -0.2) is 0 Å². The Bertz CT molecular complexity index is 810. The molecule has 0 unspecified atom stereocenters. The minimum atomic E-state index is -0.546. The van der Waals surface area contributed by atoms with Crippen molar-refractivity contribution < 1.29 is 19.2 Å². The molecular formula is C17H17BrN2O5. The van der Waals surface area contributed by atoms with Crippen LogP contribution in [0.1, 0.15) is 28.9 Å². The van der Waals surface area contributed by atoms with Gasteiger partial charge in [-0.1, -0.05) is 0 Å². The number of hydrogen-bond acceptors (Lipinski definition) is 5. The highest BCUT2D eigenvalue weighted by molar-refractivity contribution is 9.10. The number of amides is 1. The molecule has 0 aliphatic heterocycles. The van der Waals surface area contributed by atoms with Gasteiger partial charge in [-0.15, -0.1) is 0 Å². The molecule has 0 fully saturated rings. The first-order valence-electron chi connectivity index (χ1n) is 7.34. The summed E-state index contributed by atoms with van der Waals surface area (Å²) < 4.78 is 10.8. The molecule has 0 spiro atoms. The largest absolute Gasteiger partial charge is 0.497 e. The third-order valence-corrected chi connectivity index (χ3v) is 4.33. The Morgan fingerprint density at radius 1 is 1.20 bits per heavy atom. The molecule has 0 aliphatic carbocycles. The van der Waals surface area contributed by atoms with Crippen molar-refractivity contribution in [3.05, 3.63) is 62.1 Å². The van der Waals surface area contributed by atoms with Crippen molar-refractivity contribution in [2.75, 3.05) is 14.2 Å². The summed E-state index contributed by atoms with van der Waals surface area (Å²) in [4.78, 5) is 22.9. The van der Waals surface area contributed by atoms with Crippen LogP contribution in [0, 0.1) is 10.1 Å². The summed E-state index contributed by atoms with van der Waals surface area (Å²) in [5.41, 5.74) is 0.768. The van der Waals surface area contributed by atoms with E-state index >= 15 is 0 Å². The molecule has 0 radical (unpaired) electrons. The number of carbonyl (C=O) groups excluding carboxylic acids is 1. The lowest BCUT2D eigenvalue weighted by Crippen LogP contribution is -2.27.